The minimum Gasteiger partial charge on any atom is -0.507 e. The third-order valence-corrected chi connectivity index (χ3v) is 4.53. The fourth-order valence-corrected chi connectivity index (χ4v) is 3.26. The van der Waals surface area contributed by atoms with Gasteiger partial charge < -0.3 is 14.3 Å². The number of carbonyl (C=O) groups excluding carboxylic acids is 1. The Morgan fingerprint density at radius 3 is 2.25 bits per heavy atom. The first kappa shape index (κ1) is 17.5. The number of carbonyl (C=O) groups is 1. The maximum absolute atomic E-state index is 13.1. The molecule has 3 aromatic carbocycles. The lowest BCUT2D eigenvalue weighted by atomic mass is 9.95. The van der Waals surface area contributed by atoms with Crippen LogP contribution in [0.15, 0.2) is 82.0 Å². The van der Waals surface area contributed by atoms with Crippen LogP contribution in [0.2, 0.25) is 0 Å². The number of hydrogen-bond donors (Lipinski definition) is 1. The molecule has 0 unspecified atom stereocenters. The number of phenols is 1. The molecule has 0 radical (unpaired) electrons. The van der Waals surface area contributed by atoms with Crippen molar-refractivity contribution in [3.63, 3.8) is 0 Å². The van der Waals surface area contributed by atoms with E-state index in [0.717, 1.165) is 5.56 Å². The van der Waals surface area contributed by atoms with Crippen molar-refractivity contribution in [1.82, 2.24) is 0 Å². The molecule has 0 saturated carbocycles. The number of ketones is 1. The van der Waals surface area contributed by atoms with E-state index in [1.165, 1.54) is 19.2 Å². The summed E-state index contributed by atoms with van der Waals surface area (Å²) in [5.74, 6) is -0.453. The average molecular weight is 372 g/mol. The summed E-state index contributed by atoms with van der Waals surface area (Å²) in [6.07, 6.45) is 0. The van der Waals surface area contributed by atoms with E-state index in [-0.39, 0.29) is 16.9 Å². The van der Waals surface area contributed by atoms with Crippen molar-refractivity contribution in [2.75, 3.05) is 7.11 Å². The van der Waals surface area contributed by atoms with E-state index < -0.39 is 11.4 Å². The predicted octanol–water partition coefficient (Wildman–Crippen LogP) is 4.41. The molecule has 0 spiro atoms. The Bertz CT molecular complexity index is 1220. The third-order valence-electron chi connectivity index (χ3n) is 4.53. The molecule has 0 amide bonds. The molecule has 1 aromatic heterocycles. The van der Waals surface area contributed by atoms with E-state index in [4.69, 9.17) is 9.15 Å². The molecule has 5 heteroatoms. The highest BCUT2D eigenvalue weighted by Gasteiger charge is 2.24. The zero-order valence-corrected chi connectivity index (χ0v) is 15.0. The van der Waals surface area contributed by atoms with Crippen LogP contribution in [0.1, 0.15) is 15.9 Å². The van der Waals surface area contributed by atoms with Gasteiger partial charge in [-0.1, -0.05) is 60.7 Å². The number of hydrogen-bond acceptors (Lipinski definition) is 5. The van der Waals surface area contributed by atoms with Crippen molar-refractivity contribution in [2.24, 2.45) is 0 Å². The second-order valence-electron chi connectivity index (χ2n) is 6.22. The standard InChI is InChI=1S/C23H16O5/c1-27-18-13-17(24)21(22(26)15-10-6-3-7-11-15)23-20(18)16(12-19(25)28-23)14-8-4-2-5-9-14/h2-13,24H,1H3. The Morgan fingerprint density at radius 1 is 0.964 bits per heavy atom. The smallest absolute Gasteiger partial charge is 0.336 e. The molecule has 0 fully saturated rings. The van der Waals surface area contributed by atoms with Gasteiger partial charge in [-0.25, -0.2) is 4.79 Å². The van der Waals surface area contributed by atoms with Gasteiger partial charge >= 0.3 is 5.63 Å². The number of ether oxygens (including phenoxy) is 1. The summed E-state index contributed by atoms with van der Waals surface area (Å²) in [7, 11) is 1.45. The van der Waals surface area contributed by atoms with Gasteiger partial charge in [-0.05, 0) is 5.56 Å². The molecule has 1 heterocycles. The van der Waals surface area contributed by atoms with Crippen LogP contribution >= 0.6 is 0 Å². The van der Waals surface area contributed by atoms with Gasteiger partial charge in [0, 0.05) is 23.3 Å². The Balaban J connectivity index is 2.11. The molecular formula is C23H16O5. The predicted molar refractivity (Wildman–Crippen MR) is 106 cm³/mol. The molecule has 0 aliphatic rings. The summed E-state index contributed by atoms with van der Waals surface area (Å²) >= 11 is 0. The van der Waals surface area contributed by atoms with Crippen LogP contribution in [0.3, 0.4) is 0 Å². The topological polar surface area (TPSA) is 76.7 Å². The first-order valence-corrected chi connectivity index (χ1v) is 8.63. The highest BCUT2D eigenvalue weighted by Crippen LogP contribution is 2.40. The van der Waals surface area contributed by atoms with Crippen molar-refractivity contribution in [3.8, 4) is 22.6 Å². The van der Waals surface area contributed by atoms with Crippen molar-refractivity contribution >= 4 is 16.8 Å². The molecule has 1 N–H and O–H groups in total. The van der Waals surface area contributed by atoms with Crippen LogP contribution in [-0.4, -0.2) is 18.0 Å². The van der Waals surface area contributed by atoms with Crippen LogP contribution in [-0.2, 0) is 0 Å². The first-order chi connectivity index (χ1) is 13.6. The second kappa shape index (κ2) is 7.04. The van der Waals surface area contributed by atoms with Gasteiger partial charge in [0.2, 0.25) is 5.78 Å². The van der Waals surface area contributed by atoms with Crippen LogP contribution < -0.4 is 10.4 Å². The fourth-order valence-electron chi connectivity index (χ4n) is 3.26. The van der Waals surface area contributed by atoms with E-state index in [1.54, 1.807) is 30.3 Å². The first-order valence-electron chi connectivity index (χ1n) is 8.63. The van der Waals surface area contributed by atoms with Gasteiger partial charge in [-0.2, -0.15) is 0 Å². The number of phenolic OH excluding ortho intramolecular Hbond substituents is 1. The monoisotopic (exact) mass is 372 g/mol. The van der Waals surface area contributed by atoms with Gasteiger partial charge in [-0.3, -0.25) is 4.79 Å². The molecule has 28 heavy (non-hydrogen) atoms. The zero-order valence-electron chi connectivity index (χ0n) is 15.0. The Labute approximate surface area is 160 Å². The van der Waals surface area contributed by atoms with Crippen molar-refractivity contribution in [3.05, 3.63) is 94.3 Å². The largest absolute Gasteiger partial charge is 0.507 e. The molecule has 0 bridgehead atoms. The van der Waals surface area contributed by atoms with Gasteiger partial charge in [0.1, 0.15) is 17.1 Å². The maximum atomic E-state index is 13.1. The second-order valence-corrected chi connectivity index (χ2v) is 6.22. The molecule has 0 aliphatic carbocycles. The van der Waals surface area contributed by atoms with E-state index in [9.17, 15) is 14.7 Å². The highest BCUT2D eigenvalue weighted by molar-refractivity contribution is 6.19. The minimum absolute atomic E-state index is 0.00273. The Hall–Kier alpha value is -3.86. The summed E-state index contributed by atoms with van der Waals surface area (Å²) in [5.41, 5.74) is 1.00. The quantitative estimate of drug-likeness (QED) is 0.424. The lowest BCUT2D eigenvalue weighted by Crippen LogP contribution is -2.07. The van der Waals surface area contributed by atoms with E-state index >= 15 is 0 Å². The highest BCUT2D eigenvalue weighted by atomic mass is 16.5. The molecule has 138 valence electrons. The van der Waals surface area contributed by atoms with Crippen molar-refractivity contribution in [1.29, 1.82) is 0 Å². The Kier molecular flexibility index (Phi) is 4.41. The van der Waals surface area contributed by atoms with E-state index in [2.05, 4.69) is 0 Å². The van der Waals surface area contributed by atoms with Crippen LogP contribution in [0.5, 0.6) is 11.5 Å². The van der Waals surface area contributed by atoms with Crippen LogP contribution in [0.25, 0.3) is 22.1 Å². The number of methoxy groups -OCH3 is 1. The molecule has 4 rings (SSSR count). The van der Waals surface area contributed by atoms with Crippen LogP contribution in [0.4, 0.5) is 0 Å². The molecule has 4 aromatic rings. The minimum atomic E-state index is -0.624. The normalized spacial score (nSPS) is 10.8. The summed E-state index contributed by atoms with van der Waals surface area (Å²) in [6, 6.07) is 20.5. The summed E-state index contributed by atoms with van der Waals surface area (Å²) in [6.45, 7) is 0. The molecule has 0 saturated heterocycles. The average Bonchev–Trinajstić information content (AvgIpc) is 2.73. The molecule has 0 atom stereocenters. The van der Waals surface area contributed by atoms with Gasteiger partial charge in [0.05, 0.1) is 12.5 Å². The number of aromatic hydroxyl groups is 1. The number of benzene rings is 3. The van der Waals surface area contributed by atoms with Gasteiger partial charge in [0.25, 0.3) is 0 Å². The summed E-state index contributed by atoms with van der Waals surface area (Å²) in [4.78, 5) is 25.4. The Morgan fingerprint density at radius 2 is 1.61 bits per heavy atom. The van der Waals surface area contributed by atoms with E-state index in [1.807, 2.05) is 30.3 Å². The molecular weight excluding hydrogens is 356 g/mol. The summed E-state index contributed by atoms with van der Waals surface area (Å²) in [5, 5.41) is 11.0. The number of rotatable bonds is 4. The van der Waals surface area contributed by atoms with Gasteiger partial charge in [-0.15, -0.1) is 0 Å². The number of fused-ring (bicyclic) bond motifs is 1. The van der Waals surface area contributed by atoms with Gasteiger partial charge in [0.15, 0.2) is 5.58 Å². The summed E-state index contributed by atoms with van der Waals surface area (Å²) < 4.78 is 10.8. The SMILES string of the molecule is COc1cc(O)c(C(=O)c2ccccc2)c2oc(=O)cc(-c3ccccc3)c12. The van der Waals surface area contributed by atoms with Crippen molar-refractivity contribution < 1.29 is 19.1 Å². The van der Waals surface area contributed by atoms with E-state index in [0.29, 0.717) is 22.3 Å². The third kappa shape index (κ3) is 2.93. The molecule has 5 nitrogen and oxygen atoms in total. The lowest BCUT2D eigenvalue weighted by molar-refractivity contribution is 0.103. The van der Waals surface area contributed by atoms with Crippen LogP contribution in [0, 0.1) is 0 Å². The fraction of sp³-hybridized carbons (Fsp3) is 0.0435. The molecule has 0 aliphatic heterocycles. The van der Waals surface area contributed by atoms with Crippen molar-refractivity contribution in [2.45, 2.75) is 0 Å². The maximum Gasteiger partial charge on any atom is 0.336 e. The lowest BCUT2D eigenvalue weighted by Gasteiger charge is -2.14. The zero-order chi connectivity index (χ0) is 19.7.